The van der Waals surface area contributed by atoms with Crippen molar-refractivity contribution in [3.8, 4) is 11.5 Å². The minimum atomic E-state index is -0.497. The normalized spacial score (nSPS) is 12.0. The number of halogens is 1. The number of nitrogens with zero attached hydrogens (tertiary/aromatic N) is 1. The standard InChI is InChI=1S/C17H18ClN3O3/c1-11(20-14-4-6-15(24-2)7-5-14)17(23)21-19-10-12-9-13(18)3-8-16(12)22/h3-11,20,22H,1-2H3,(H,21,23)/b19-10-/t11-/m0/s1. The summed E-state index contributed by atoms with van der Waals surface area (Å²) in [6.07, 6.45) is 1.33. The largest absolute Gasteiger partial charge is 0.507 e. The number of carbonyl (C=O) groups is 1. The highest BCUT2D eigenvalue weighted by Crippen LogP contribution is 2.19. The fourth-order valence-electron chi connectivity index (χ4n) is 1.89. The molecule has 2 aromatic carbocycles. The number of anilines is 1. The average molecular weight is 348 g/mol. The first-order valence-electron chi connectivity index (χ1n) is 7.21. The fraction of sp³-hybridized carbons (Fsp3) is 0.176. The molecule has 2 rings (SSSR count). The Morgan fingerprint density at radius 3 is 2.67 bits per heavy atom. The maximum atomic E-state index is 12.0. The van der Waals surface area contributed by atoms with Gasteiger partial charge >= 0.3 is 0 Å². The van der Waals surface area contributed by atoms with Crippen LogP contribution in [0, 0.1) is 0 Å². The number of ether oxygens (including phenoxy) is 1. The molecule has 1 amide bonds. The first kappa shape index (κ1) is 17.6. The molecule has 0 saturated carbocycles. The zero-order chi connectivity index (χ0) is 17.5. The summed E-state index contributed by atoms with van der Waals surface area (Å²) in [7, 11) is 1.59. The Hall–Kier alpha value is -2.73. The third-order valence-electron chi connectivity index (χ3n) is 3.23. The second-order valence-electron chi connectivity index (χ2n) is 5.03. The number of hydrazone groups is 1. The van der Waals surface area contributed by atoms with Crippen molar-refractivity contribution in [3.63, 3.8) is 0 Å². The van der Waals surface area contributed by atoms with Gasteiger partial charge in [0.25, 0.3) is 5.91 Å². The summed E-state index contributed by atoms with van der Waals surface area (Å²) in [5.74, 6) is 0.453. The lowest BCUT2D eigenvalue weighted by Crippen LogP contribution is -2.34. The van der Waals surface area contributed by atoms with Crippen molar-refractivity contribution in [1.29, 1.82) is 0 Å². The first-order valence-corrected chi connectivity index (χ1v) is 7.59. The number of hydrogen-bond donors (Lipinski definition) is 3. The summed E-state index contributed by atoms with van der Waals surface area (Å²) in [6, 6.07) is 11.3. The van der Waals surface area contributed by atoms with Gasteiger partial charge in [0, 0.05) is 16.3 Å². The summed E-state index contributed by atoms with van der Waals surface area (Å²) in [5, 5.41) is 17.0. The Labute approximate surface area is 145 Å². The van der Waals surface area contributed by atoms with Crippen molar-refractivity contribution in [2.45, 2.75) is 13.0 Å². The van der Waals surface area contributed by atoms with Crippen LogP contribution in [0.2, 0.25) is 5.02 Å². The van der Waals surface area contributed by atoms with Crippen molar-refractivity contribution in [2.24, 2.45) is 5.10 Å². The third-order valence-corrected chi connectivity index (χ3v) is 3.47. The number of nitrogens with one attached hydrogen (secondary N) is 2. The number of phenols is 1. The summed E-state index contributed by atoms with van der Waals surface area (Å²) < 4.78 is 5.08. The summed E-state index contributed by atoms with van der Waals surface area (Å²) in [4.78, 5) is 12.0. The lowest BCUT2D eigenvalue weighted by molar-refractivity contribution is -0.121. The van der Waals surface area contributed by atoms with E-state index in [1.165, 1.54) is 12.3 Å². The van der Waals surface area contributed by atoms with Gasteiger partial charge in [-0.3, -0.25) is 4.79 Å². The lowest BCUT2D eigenvalue weighted by atomic mass is 10.2. The molecule has 0 aromatic heterocycles. The van der Waals surface area contributed by atoms with Crippen LogP contribution in [-0.2, 0) is 4.79 Å². The van der Waals surface area contributed by atoms with Gasteiger partial charge in [0.1, 0.15) is 17.5 Å². The molecule has 0 aliphatic heterocycles. The van der Waals surface area contributed by atoms with Crippen molar-refractivity contribution in [2.75, 3.05) is 12.4 Å². The van der Waals surface area contributed by atoms with E-state index in [9.17, 15) is 9.90 Å². The summed E-state index contributed by atoms with van der Waals surface area (Å²) >= 11 is 5.84. The molecule has 7 heteroatoms. The molecule has 3 N–H and O–H groups in total. The van der Waals surface area contributed by atoms with Crippen LogP contribution in [0.25, 0.3) is 0 Å². The predicted molar refractivity (Wildman–Crippen MR) is 94.9 cm³/mol. The molecular weight excluding hydrogens is 330 g/mol. The average Bonchev–Trinajstić information content (AvgIpc) is 2.58. The maximum absolute atomic E-state index is 12.0. The molecule has 0 heterocycles. The van der Waals surface area contributed by atoms with Gasteiger partial charge in [-0.25, -0.2) is 5.43 Å². The molecule has 0 saturated heterocycles. The van der Waals surface area contributed by atoms with Gasteiger partial charge in [0.15, 0.2) is 0 Å². The molecule has 24 heavy (non-hydrogen) atoms. The molecule has 1 atom stereocenters. The van der Waals surface area contributed by atoms with Crippen molar-refractivity contribution < 1.29 is 14.6 Å². The maximum Gasteiger partial charge on any atom is 0.262 e. The Morgan fingerprint density at radius 2 is 2.00 bits per heavy atom. The van der Waals surface area contributed by atoms with E-state index < -0.39 is 6.04 Å². The molecule has 0 aliphatic carbocycles. The highest BCUT2D eigenvalue weighted by atomic mass is 35.5. The zero-order valence-electron chi connectivity index (χ0n) is 13.3. The first-order chi connectivity index (χ1) is 11.5. The summed E-state index contributed by atoms with van der Waals surface area (Å²) in [6.45, 7) is 1.71. The van der Waals surface area contributed by atoms with E-state index in [2.05, 4.69) is 15.8 Å². The van der Waals surface area contributed by atoms with Gasteiger partial charge in [-0.1, -0.05) is 11.6 Å². The molecule has 0 fully saturated rings. The minimum absolute atomic E-state index is 0.0294. The third kappa shape index (κ3) is 4.89. The smallest absolute Gasteiger partial charge is 0.262 e. The molecule has 0 unspecified atom stereocenters. The van der Waals surface area contributed by atoms with Crippen LogP contribution in [0.4, 0.5) is 5.69 Å². The summed E-state index contributed by atoms with van der Waals surface area (Å²) in [5.41, 5.74) is 3.61. The van der Waals surface area contributed by atoms with Crippen LogP contribution in [0.3, 0.4) is 0 Å². The highest BCUT2D eigenvalue weighted by molar-refractivity contribution is 6.30. The second kappa shape index (κ2) is 8.21. The van der Waals surface area contributed by atoms with Crippen molar-refractivity contribution in [3.05, 3.63) is 53.1 Å². The van der Waals surface area contributed by atoms with Crippen molar-refractivity contribution in [1.82, 2.24) is 5.43 Å². The van der Waals surface area contributed by atoms with E-state index in [4.69, 9.17) is 16.3 Å². The number of hydrogen-bond acceptors (Lipinski definition) is 5. The fourth-order valence-corrected chi connectivity index (χ4v) is 2.07. The van der Waals surface area contributed by atoms with E-state index in [1.54, 1.807) is 38.3 Å². The quantitative estimate of drug-likeness (QED) is 0.554. The van der Waals surface area contributed by atoms with Gasteiger partial charge in [0.05, 0.1) is 13.3 Å². The van der Waals surface area contributed by atoms with Gasteiger partial charge in [-0.15, -0.1) is 0 Å². The van der Waals surface area contributed by atoms with Gasteiger partial charge < -0.3 is 15.2 Å². The number of aromatic hydroxyl groups is 1. The molecule has 0 bridgehead atoms. The van der Waals surface area contributed by atoms with E-state index in [1.807, 2.05) is 12.1 Å². The highest BCUT2D eigenvalue weighted by Gasteiger charge is 2.11. The van der Waals surface area contributed by atoms with E-state index in [0.717, 1.165) is 11.4 Å². The number of benzene rings is 2. The SMILES string of the molecule is COc1ccc(N[C@@H](C)C(=O)N/N=C\c2cc(Cl)ccc2O)cc1. The number of rotatable bonds is 6. The van der Waals surface area contributed by atoms with E-state index in [0.29, 0.717) is 10.6 Å². The second-order valence-corrected chi connectivity index (χ2v) is 5.47. The Kier molecular flexibility index (Phi) is 6.03. The van der Waals surface area contributed by atoms with Crippen molar-refractivity contribution >= 4 is 29.4 Å². The number of carbonyl (C=O) groups excluding carboxylic acids is 1. The number of phenolic OH excluding ortho intramolecular Hbond substituents is 1. The topological polar surface area (TPSA) is 83.0 Å². The predicted octanol–water partition coefficient (Wildman–Crippen LogP) is 3.00. The Morgan fingerprint density at radius 1 is 1.29 bits per heavy atom. The van der Waals surface area contributed by atoms with Crippen LogP contribution in [0.1, 0.15) is 12.5 Å². The van der Waals surface area contributed by atoms with Crippen LogP contribution in [0.15, 0.2) is 47.6 Å². The zero-order valence-corrected chi connectivity index (χ0v) is 14.0. The van der Waals surface area contributed by atoms with Gasteiger partial charge in [-0.2, -0.15) is 5.10 Å². The molecule has 0 aliphatic rings. The van der Waals surface area contributed by atoms with Gasteiger partial charge in [0.2, 0.25) is 0 Å². The monoisotopic (exact) mass is 347 g/mol. The van der Waals surface area contributed by atoms with Gasteiger partial charge in [-0.05, 0) is 49.4 Å². The number of amides is 1. The Balaban J connectivity index is 1.91. The van der Waals surface area contributed by atoms with Crippen LogP contribution in [-0.4, -0.2) is 30.4 Å². The minimum Gasteiger partial charge on any atom is -0.507 e. The van der Waals surface area contributed by atoms with Crippen LogP contribution < -0.4 is 15.5 Å². The molecule has 0 spiro atoms. The molecule has 2 aromatic rings. The molecule has 6 nitrogen and oxygen atoms in total. The van der Waals surface area contributed by atoms with E-state index in [-0.39, 0.29) is 11.7 Å². The molecule has 0 radical (unpaired) electrons. The lowest BCUT2D eigenvalue weighted by Gasteiger charge is -2.13. The van der Waals surface area contributed by atoms with E-state index >= 15 is 0 Å². The molecule has 126 valence electrons. The Bertz CT molecular complexity index is 732. The molecular formula is C17H18ClN3O3. The van der Waals surface area contributed by atoms with Crippen LogP contribution in [0.5, 0.6) is 11.5 Å². The number of methoxy groups -OCH3 is 1. The van der Waals surface area contributed by atoms with Crippen LogP contribution >= 0.6 is 11.6 Å².